The van der Waals surface area contributed by atoms with Gasteiger partial charge in [0, 0.05) is 0 Å². The van der Waals surface area contributed by atoms with E-state index in [1.807, 2.05) is 0 Å². The Labute approximate surface area is 69.4 Å². The van der Waals surface area contributed by atoms with Gasteiger partial charge in [0.1, 0.15) is 0 Å². The first-order chi connectivity index (χ1) is 5.43. The van der Waals surface area contributed by atoms with Crippen LogP contribution in [0.25, 0.3) is 0 Å². The van der Waals surface area contributed by atoms with E-state index in [1.54, 1.807) is 0 Å². The fourth-order valence-electron chi connectivity index (χ4n) is 1.21. The third-order valence-corrected chi connectivity index (χ3v) is 2.03. The van der Waals surface area contributed by atoms with Gasteiger partial charge in [-0.2, -0.15) is 0 Å². The highest BCUT2D eigenvalue weighted by molar-refractivity contribution is 4.76. The Morgan fingerprint density at radius 3 is 2.82 bits per heavy atom. The molecule has 0 bridgehead atoms. The topological polar surface area (TPSA) is 12.5 Å². The predicted octanol–water partition coefficient (Wildman–Crippen LogP) is 2.91. The van der Waals surface area contributed by atoms with E-state index in [4.69, 9.17) is 4.74 Å². The average Bonchev–Trinajstić information content (AvgIpc) is 2.80. The van der Waals surface area contributed by atoms with Gasteiger partial charge in [-0.3, -0.25) is 0 Å². The van der Waals surface area contributed by atoms with Crippen molar-refractivity contribution in [3.8, 4) is 0 Å². The Morgan fingerprint density at radius 2 is 2.18 bits per heavy atom. The van der Waals surface area contributed by atoms with E-state index in [2.05, 4.69) is 19.1 Å². The molecule has 1 heterocycles. The van der Waals surface area contributed by atoms with E-state index in [0.717, 1.165) is 6.61 Å². The first-order valence-electron chi connectivity index (χ1n) is 4.66. The van der Waals surface area contributed by atoms with Crippen molar-refractivity contribution in [2.24, 2.45) is 0 Å². The molecule has 0 aromatic carbocycles. The second kappa shape index (κ2) is 5.36. The number of hydrogen-bond donors (Lipinski definition) is 0. The summed E-state index contributed by atoms with van der Waals surface area (Å²) in [4.78, 5) is 0. The molecule has 1 unspecified atom stereocenters. The van der Waals surface area contributed by atoms with Gasteiger partial charge in [-0.25, -0.2) is 0 Å². The maximum absolute atomic E-state index is 5.12. The Bertz CT molecular complexity index is 114. The Hall–Kier alpha value is -0.300. The number of hydrogen-bond acceptors (Lipinski definition) is 1. The van der Waals surface area contributed by atoms with Gasteiger partial charge in [0.25, 0.3) is 0 Å². The van der Waals surface area contributed by atoms with Crippen LogP contribution in [0.2, 0.25) is 0 Å². The molecule has 64 valence electrons. The van der Waals surface area contributed by atoms with Crippen LogP contribution in [0.15, 0.2) is 12.2 Å². The van der Waals surface area contributed by atoms with E-state index >= 15 is 0 Å². The SMILES string of the molecule is CC=CCCCCCC1CO1. The smallest absolute Gasteiger partial charge is 0.0810 e. The van der Waals surface area contributed by atoms with Crippen molar-refractivity contribution in [2.75, 3.05) is 6.61 Å². The predicted molar refractivity (Wildman–Crippen MR) is 47.6 cm³/mol. The lowest BCUT2D eigenvalue weighted by Gasteiger charge is -1.95. The molecule has 1 rings (SSSR count). The summed E-state index contributed by atoms with van der Waals surface area (Å²) in [7, 11) is 0. The highest BCUT2D eigenvalue weighted by Gasteiger charge is 2.20. The monoisotopic (exact) mass is 154 g/mol. The van der Waals surface area contributed by atoms with Crippen LogP contribution in [0.3, 0.4) is 0 Å². The van der Waals surface area contributed by atoms with Crippen molar-refractivity contribution in [2.45, 2.75) is 45.1 Å². The molecule has 1 heteroatoms. The molecule has 1 aliphatic heterocycles. The zero-order chi connectivity index (χ0) is 7.94. The molecule has 1 atom stereocenters. The summed E-state index contributed by atoms with van der Waals surface area (Å²) in [6.07, 6.45) is 11.6. The second-order valence-corrected chi connectivity index (χ2v) is 3.16. The summed E-state index contributed by atoms with van der Waals surface area (Å²) in [5.41, 5.74) is 0. The fraction of sp³-hybridized carbons (Fsp3) is 0.800. The fourth-order valence-corrected chi connectivity index (χ4v) is 1.21. The number of ether oxygens (including phenoxy) is 1. The highest BCUT2D eigenvalue weighted by Crippen LogP contribution is 2.17. The summed E-state index contributed by atoms with van der Waals surface area (Å²) in [6.45, 7) is 3.10. The van der Waals surface area contributed by atoms with Crippen LogP contribution in [0.1, 0.15) is 39.0 Å². The maximum atomic E-state index is 5.12. The van der Waals surface area contributed by atoms with E-state index in [0.29, 0.717) is 6.10 Å². The first kappa shape index (κ1) is 8.79. The molecular weight excluding hydrogens is 136 g/mol. The van der Waals surface area contributed by atoms with Crippen molar-refractivity contribution in [1.82, 2.24) is 0 Å². The molecule has 1 saturated heterocycles. The van der Waals surface area contributed by atoms with E-state index in [-0.39, 0.29) is 0 Å². The molecule has 0 saturated carbocycles. The number of rotatable bonds is 6. The molecule has 0 aromatic heterocycles. The van der Waals surface area contributed by atoms with Crippen molar-refractivity contribution in [3.05, 3.63) is 12.2 Å². The third-order valence-electron chi connectivity index (χ3n) is 2.03. The van der Waals surface area contributed by atoms with Gasteiger partial charge in [-0.1, -0.05) is 25.0 Å². The van der Waals surface area contributed by atoms with Gasteiger partial charge in [0.15, 0.2) is 0 Å². The number of epoxide rings is 1. The van der Waals surface area contributed by atoms with Gasteiger partial charge >= 0.3 is 0 Å². The molecule has 0 amide bonds. The van der Waals surface area contributed by atoms with Crippen molar-refractivity contribution >= 4 is 0 Å². The van der Waals surface area contributed by atoms with Crippen LogP contribution in [-0.2, 0) is 4.74 Å². The largest absolute Gasteiger partial charge is 0.373 e. The summed E-state index contributed by atoms with van der Waals surface area (Å²) >= 11 is 0. The molecule has 0 aliphatic carbocycles. The maximum Gasteiger partial charge on any atom is 0.0810 e. The lowest BCUT2D eigenvalue weighted by molar-refractivity contribution is 0.388. The number of allylic oxidation sites excluding steroid dienone is 2. The van der Waals surface area contributed by atoms with Gasteiger partial charge in [0.05, 0.1) is 12.7 Å². The standard InChI is InChI=1S/C10H18O/c1-2-3-4-5-6-7-8-10-9-11-10/h2-3,10H,4-9H2,1H3. The van der Waals surface area contributed by atoms with Gasteiger partial charge in [-0.05, 0) is 26.2 Å². The number of unbranched alkanes of at least 4 members (excludes halogenated alkanes) is 3. The molecule has 0 spiro atoms. The van der Waals surface area contributed by atoms with Crippen LogP contribution in [0.4, 0.5) is 0 Å². The summed E-state index contributed by atoms with van der Waals surface area (Å²) in [5, 5.41) is 0. The average molecular weight is 154 g/mol. The van der Waals surface area contributed by atoms with Crippen LogP contribution in [-0.4, -0.2) is 12.7 Å². The Balaban J connectivity index is 1.72. The van der Waals surface area contributed by atoms with E-state index in [9.17, 15) is 0 Å². The van der Waals surface area contributed by atoms with Gasteiger partial charge in [-0.15, -0.1) is 0 Å². The van der Waals surface area contributed by atoms with Crippen molar-refractivity contribution in [3.63, 3.8) is 0 Å². The van der Waals surface area contributed by atoms with Crippen molar-refractivity contribution in [1.29, 1.82) is 0 Å². The minimum absolute atomic E-state index is 0.636. The normalized spacial score (nSPS) is 22.8. The molecule has 0 aromatic rings. The zero-order valence-corrected chi connectivity index (χ0v) is 7.38. The summed E-state index contributed by atoms with van der Waals surface area (Å²) < 4.78 is 5.12. The van der Waals surface area contributed by atoms with Crippen molar-refractivity contribution < 1.29 is 4.74 Å². The molecule has 11 heavy (non-hydrogen) atoms. The Kier molecular flexibility index (Phi) is 4.29. The quantitative estimate of drug-likeness (QED) is 0.325. The molecule has 0 radical (unpaired) electrons. The van der Waals surface area contributed by atoms with E-state index < -0.39 is 0 Å². The first-order valence-corrected chi connectivity index (χ1v) is 4.66. The summed E-state index contributed by atoms with van der Waals surface area (Å²) in [6, 6.07) is 0. The van der Waals surface area contributed by atoms with Crippen LogP contribution >= 0.6 is 0 Å². The minimum Gasteiger partial charge on any atom is -0.373 e. The van der Waals surface area contributed by atoms with Gasteiger partial charge < -0.3 is 4.74 Å². The van der Waals surface area contributed by atoms with E-state index in [1.165, 1.54) is 32.1 Å². The molecular formula is C10H18O. The zero-order valence-electron chi connectivity index (χ0n) is 7.38. The second-order valence-electron chi connectivity index (χ2n) is 3.16. The minimum atomic E-state index is 0.636. The lowest BCUT2D eigenvalue weighted by atomic mass is 10.1. The Morgan fingerprint density at radius 1 is 1.36 bits per heavy atom. The molecule has 0 N–H and O–H groups in total. The lowest BCUT2D eigenvalue weighted by Crippen LogP contribution is -1.84. The summed E-state index contributed by atoms with van der Waals surface area (Å²) in [5.74, 6) is 0. The van der Waals surface area contributed by atoms with Crippen LogP contribution in [0.5, 0.6) is 0 Å². The highest BCUT2D eigenvalue weighted by atomic mass is 16.6. The third kappa shape index (κ3) is 5.02. The molecule has 1 nitrogen and oxygen atoms in total. The molecule has 1 fully saturated rings. The van der Waals surface area contributed by atoms with Crippen LogP contribution in [0, 0.1) is 0 Å². The van der Waals surface area contributed by atoms with Crippen LogP contribution < -0.4 is 0 Å². The molecule has 1 aliphatic rings. The van der Waals surface area contributed by atoms with Gasteiger partial charge in [0.2, 0.25) is 0 Å².